The molecular formula is C12H15NO4S. The minimum absolute atomic E-state index is 0.0339. The van der Waals surface area contributed by atoms with E-state index in [-0.39, 0.29) is 12.5 Å². The minimum Gasteiger partial charge on any atom is -0.370 e. The number of sulfone groups is 1. The number of carbonyl (C=O) groups is 1. The molecule has 1 aliphatic rings. The average molecular weight is 269 g/mol. The standard InChI is InChI=1S/C12H15NO4S/c1-18(15,16)11-4-2-10(3-5-11)8-13-6-7-17-9-12(13)14/h2-5H,6-9H2,1H3. The molecular weight excluding hydrogens is 254 g/mol. The number of ether oxygens (including phenoxy) is 1. The summed E-state index contributed by atoms with van der Waals surface area (Å²) in [5, 5.41) is 0. The van der Waals surface area contributed by atoms with E-state index in [1.807, 2.05) is 0 Å². The fourth-order valence-corrected chi connectivity index (χ4v) is 2.41. The van der Waals surface area contributed by atoms with Crippen LogP contribution in [0.25, 0.3) is 0 Å². The first-order valence-corrected chi connectivity index (χ1v) is 7.50. The maximum Gasteiger partial charge on any atom is 0.248 e. The Morgan fingerprint density at radius 2 is 1.94 bits per heavy atom. The van der Waals surface area contributed by atoms with Gasteiger partial charge in [0.15, 0.2) is 9.84 Å². The molecule has 1 fully saturated rings. The number of rotatable bonds is 3. The summed E-state index contributed by atoms with van der Waals surface area (Å²) in [5.41, 5.74) is 0.914. The smallest absolute Gasteiger partial charge is 0.248 e. The van der Waals surface area contributed by atoms with Crippen LogP contribution >= 0.6 is 0 Å². The van der Waals surface area contributed by atoms with Gasteiger partial charge in [0.1, 0.15) is 6.61 Å². The molecule has 0 N–H and O–H groups in total. The van der Waals surface area contributed by atoms with Gasteiger partial charge in [0.05, 0.1) is 11.5 Å². The molecule has 1 heterocycles. The Kier molecular flexibility index (Phi) is 3.68. The van der Waals surface area contributed by atoms with E-state index >= 15 is 0 Å². The summed E-state index contributed by atoms with van der Waals surface area (Å²) in [4.78, 5) is 13.5. The van der Waals surface area contributed by atoms with Gasteiger partial charge in [-0.1, -0.05) is 12.1 Å². The second kappa shape index (κ2) is 5.07. The molecule has 1 aromatic rings. The van der Waals surface area contributed by atoms with Gasteiger partial charge in [-0.3, -0.25) is 4.79 Å². The molecule has 1 amide bonds. The Morgan fingerprint density at radius 1 is 1.28 bits per heavy atom. The monoisotopic (exact) mass is 269 g/mol. The van der Waals surface area contributed by atoms with Crippen LogP contribution in [-0.2, 0) is 25.9 Å². The normalized spacial score (nSPS) is 16.9. The number of benzene rings is 1. The summed E-state index contributed by atoms with van der Waals surface area (Å²) in [6.07, 6.45) is 1.17. The number of amides is 1. The minimum atomic E-state index is -3.16. The molecule has 0 radical (unpaired) electrons. The third kappa shape index (κ3) is 3.08. The third-order valence-corrected chi connectivity index (χ3v) is 3.94. The van der Waals surface area contributed by atoms with E-state index in [0.717, 1.165) is 5.56 Å². The van der Waals surface area contributed by atoms with Crippen LogP contribution in [-0.4, -0.2) is 45.2 Å². The Morgan fingerprint density at radius 3 is 2.50 bits per heavy atom. The zero-order valence-electron chi connectivity index (χ0n) is 10.1. The van der Waals surface area contributed by atoms with Gasteiger partial charge in [-0.25, -0.2) is 8.42 Å². The van der Waals surface area contributed by atoms with Crippen molar-refractivity contribution < 1.29 is 17.9 Å². The van der Waals surface area contributed by atoms with Gasteiger partial charge in [-0.05, 0) is 17.7 Å². The molecule has 6 heteroatoms. The van der Waals surface area contributed by atoms with E-state index in [4.69, 9.17) is 4.74 Å². The van der Waals surface area contributed by atoms with Crippen molar-refractivity contribution in [1.82, 2.24) is 4.90 Å². The average Bonchev–Trinajstić information content (AvgIpc) is 2.32. The van der Waals surface area contributed by atoms with E-state index in [1.54, 1.807) is 29.2 Å². The van der Waals surface area contributed by atoms with E-state index < -0.39 is 9.84 Å². The number of hydrogen-bond acceptors (Lipinski definition) is 4. The van der Waals surface area contributed by atoms with Crippen molar-refractivity contribution in [3.63, 3.8) is 0 Å². The second-order valence-corrected chi connectivity index (χ2v) is 6.30. The lowest BCUT2D eigenvalue weighted by Crippen LogP contribution is -2.40. The molecule has 1 aromatic carbocycles. The molecule has 0 unspecified atom stereocenters. The number of carbonyl (C=O) groups excluding carboxylic acids is 1. The van der Waals surface area contributed by atoms with Gasteiger partial charge in [0, 0.05) is 19.3 Å². The lowest BCUT2D eigenvalue weighted by Gasteiger charge is -2.26. The highest BCUT2D eigenvalue weighted by Gasteiger charge is 2.18. The quantitative estimate of drug-likeness (QED) is 0.799. The molecule has 1 aliphatic heterocycles. The number of morpholine rings is 1. The first-order chi connectivity index (χ1) is 8.47. The SMILES string of the molecule is CS(=O)(=O)c1ccc(CN2CCOCC2=O)cc1. The van der Waals surface area contributed by atoms with Gasteiger partial charge >= 0.3 is 0 Å². The van der Waals surface area contributed by atoms with Gasteiger partial charge in [-0.2, -0.15) is 0 Å². The molecule has 5 nitrogen and oxygen atoms in total. The maximum atomic E-state index is 11.5. The van der Waals surface area contributed by atoms with Crippen LogP contribution in [0.2, 0.25) is 0 Å². The van der Waals surface area contributed by atoms with Crippen molar-refractivity contribution >= 4 is 15.7 Å². The Hall–Kier alpha value is -1.40. The summed E-state index contributed by atoms with van der Waals surface area (Å²) >= 11 is 0. The first-order valence-electron chi connectivity index (χ1n) is 5.61. The highest BCUT2D eigenvalue weighted by molar-refractivity contribution is 7.90. The molecule has 18 heavy (non-hydrogen) atoms. The molecule has 0 saturated carbocycles. The van der Waals surface area contributed by atoms with Crippen LogP contribution < -0.4 is 0 Å². The fraction of sp³-hybridized carbons (Fsp3) is 0.417. The molecule has 1 saturated heterocycles. The van der Waals surface area contributed by atoms with Crippen molar-refractivity contribution in [2.75, 3.05) is 26.0 Å². The van der Waals surface area contributed by atoms with E-state index in [0.29, 0.717) is 24.6 Å². The highest BCUT2D eigenvalue weighted by Crippen LogP contribution is 2.13. The lowest BCUT2D eigenvalue weighted by atomic mass is 10.2. The predicted molar refractivity (Wildman–Crippen MR) is 65.8 cm³/mol. The molecule has 2 rings (SSSR count). The summed E-state index contributed by atoms with van der Waals surface area (Å²) in [6, 6.07) is 6.60. The summed E-state index contributed by atoms with van der Waals surface area (Å²) in [7, 11) is -3.16. The highest BCUT2D eigenvalue weighted by atomic mass is 32.2. The summed E-state index contributed by atoms with van der Waals surface area (Å²) in [5.74, 6) is -0.0339. The Balaban J connectivity index is 2.08. The largest absolute Gasteiger partial charge is 0.370 e. The van der Waals surface area contributed by atoms with E-state index in [2.05, 4.69) is 0 Å². The van der Waals surface area contributed by atoms with Crippen molar-refractivity contribution in [2.24, 2.45) is 0 Å². The van der Waals surface area contributed by atoms with Crippen LogP contribution in [0.3, 0.4) is 0 Å². The fourth-order valence-electron chi connectivity index (χ4n) is 1.78. The molecule has 0 aliphatic carbocycles. The van der Waals surface area contributed by atoms with Gasteiger partial charge in [0.25, 0.3) is 0 Å². The zero-order chi connectivity index (χ0) is 13.2. The Labute approximate surface area is 106 Å². The van der Waals surface area contributed by atoms with Gasteiger partial charge < -0.3 is 9.64 Å². The van der Waals surface area contributed by atoms with Crippen molar-refractivity contribution in [3.8, 4) is 0 Å². The van der Waals surface area contributed by atoms with Crippen LogP contribution in [0.4, 0.5) is 0 Å². The van der Waals surface area contributed by atoms with Crippen molar-refractivity contribution in [1.29, 1.82) is 0 Å². The number of nitrogens with zero attached hydrogens (tertiary/aromatic N) is 1. The van der Waals surface area contributed by atoms with Gasteiger partial charge in [-0.15, -0.1) is 0 Å². The first kappa shape index (κ1) is 13.0. The van der Waals surface area contributed by atoms with Crippen LogP contribution in [0.5, 0.6) is 0 Å². The molecule has 0 atom stereocenters. The summed E-state index contributed by atoms with van der Waals surface area (Å²) in [6.45, 7) is 1.74. The predicted octanol–water partition coefficient (Wildman–Crippen LogP) is 0.449. The molecule has 0 bridgehead atoms. The van der Waals surface area contributed by atoms with E-state index in [9.17, 15) is 13.2 Å². The Bertz CT molecular complexity index is 536. The molecule has 0 spiro atoms. The third-order valence-electron chi connectivity index (χ3n) is 2.81. The zero-order valence-corrected chi connectivity index (χ0v) is 10.9. The van der Waals surface area contributed by atoms with Crippen LogP contribution in [0.15, 0.2) is 29.2 Å². The molecule has 98 valence electrons. The van der Waals surface area contributed by atoms with Gasteiger partial charge in [0.2, 0.25) is 5.91 Å². The topological polar surface area (TPSA) is 63.7 Å². The van der Waals surface area contributed by atoms with E-state index in [1.165, 1.54) is 6.26 Å². The van der Waals surface area contributed by atoms with Crippen molar-refractivity contribution in [2.45, 2.75) is 11.4 Å². The van der Waals surface area contributed by atoms with Crippen molar-refractivity contribution in [3.05, 3.63) is 29.8 Å². The van der Waals surface area contributed by atoms with Crippen LogP contribution in [0, 0.1) is 0 Å². The second-order valence-electron chi connectivity index (χ2n) is 4.28. The van der Waals surface area contributed by atoms with Crippen LogP contribution in [0.1, 0.15) is 5.56 Å². The summed E-state index contributed by atoms with van der Waals surface area (Å²) < 4.78 is 27.7. The lowest BCUT2D eigenvalue weighted by molar-refractivity contribution is -0.143. The maximum absolute atomic E-state index is 11.5. The molecule has 0 aromatic heterocycles. The number of hydrogen-bond donors (Lipinski definition) is 0.